The molecule has 7 nitrogen and oxygen atoms in total. The van der Waals surface area contributed by atoms with Crippen molar-refractivity contribution in [3.8, 4) is 11.3 Å². The van der Waals surface area contributed by atoms with Gasteiger partial charge < -0.3 is 15.3 Å². The van der Waals surface area contributed by atoms with Crippen molar-refractivity contribution >= 4 is 24.6 Å². The molecule has 8 heteroatoms. The molecule has 1 saturated heterocycles. The second-order valence-electron chi connectivity index (χ2n) is 5.98. The summed E-state index contributed by atoms with van der Waals surface area (Å²) < 4.78 is 0. The topological polar surface area (TPSA) is 81.6 Å². The number of halogens is 1. The van der Waals surface area contributed by atoms with E-state index in [1.165, 1.54) is 0 Å². The lowest BCUT2D eigenvalue weighted by Crippen LogP contribution is -2.48. The molecule has 140 valence electrons. The number of aliphatic hydroxyl groups is 1. The molecule has 1 aromatic heterocycles. The fourth-order valence-corrected chi connectivity index (χ4v) is 3.00. The minimum Gasteiger partial charge on any atom is -0.392 e. The fraction of sp³-hybridized carbons (Fsp3) is 0.389. The molecule has 0 atom stereocenters. The van der Waals surface area contributed by atoms with E-state index >= 15 is 0 Å². The van der Waals surface area contributed by atoms with Crippen LogP contribution in [0.25, 0.3) is 11.3 Å². The number of carbonyl (C=O) groups excluding carboxylic acids is 1. The molecule has 0 radical (unpaired) electrons. The van der Waals surface area contributed by atoms with Crippen molar-refractivity contribution in [1.82, 2.24) is 20.2 Å². The van der Waals surface area contributed by atoms with Gasteiger partial charge in [-0.15, -0.1) is 12.4 Å². The lowest BCUT2D eigenvalue weighted by Gasteiger charge is -2.35. The van der Waals surface area contributed by atoms with Crippen LogP contribution in [0.15, 0.2) is 36.7 Å². The summed E-state index contributed by atoms with van der Waals surface area (Å²) in [6.07, 6.45) is 4.17. The van der Waals surface area contributed by atoms with Crippen molar-refractivity contribution in [3.05, 3.63) is 42.2 Å². The van der Waals surface area contributed by atoms with Gasteiger partial charge in [0.2, 0.25) is 6.41 Å². The van der Waals surface area contributed by atoms with Crippen LogP contribution >= 0.6 is 12.4 Å². The summed E-state index contributed by atoms with van der Waals surface area (Å²) in [4.78, 5) is 24.0. The number of amides is 1. The molecular weight excluding hydrogens is 354 g/mol. The lowest BCUT2D eigenvalue weighted by atomic mass is 10.1. The van der Waals surface area contributed by atoms with Crippen LogP contribution in [-0.4, -0.2) is 65.7 Å². The SMILES string of the molecule is Cl.O=CNCCN1CCN(c2nccnc2-c2ccc(CO)cc2)CC1. The Morgan fingerprint density at radius 3 is 2.42 bits per heavy atom. The van der Waals surface area contributed by atoms with Gasteiger partial charge in [-0.2, -0.15) is 0 Å². The van der Waals surface area contributed by atoms with Gasteiger partial charge in [-0.1, -0.05) is 24.3 Å². The number of nitrogens with one attached hydrogen (secondary N) is 1. The quantitative estimate of drug-likeness (QED) is 0.551. The van der Waals surface area contributed by atoms with Crippen molar-refractivity contribution < 1.29 is 9.90 Å². The van der Waals surface area contributed by atoms with E-state index in [9.17, 15) is 9.90 Å². The first-order valence-electron chi connectivity index (χ1n) is 8.47. The van der Waals surface area contributed by atoms with Gasteiger partial charge >= 0.3 is 0 Å². The van der Waals surface area contributed by atoms with Crippen LogP contribution in [0.4, 0.5) is 5.82 Å². The van der Waals surface area contributed by atoms with Crippen LogP contribution < -0.4 is 10.2 Å². The number of piperazine rings is 1. The molecule has 0 bridgehead atoms. The van der Waals surface area contributed by atoms with Crippen LogP contribution in [0.5, 0.6) is 0 Å². The molecule has 3 rings (SSSR count). The highest BCUT2D eigenvalue weighted by atomic mass is 35.5. The van der Waals surface area contributed by atoms with Crippen LogP contribution in [0.2, 0.25) is 0 Å². The Bertz CT molecular complexity index is 690. The van der Waals surface area contributed by atoms with E-state index in [-0.39, 0.29) is 19.0 Å². The number of nitrogens with zero attached hydrogens (tertiary/aromatic N) is 4. The smallest absolute Gasteiger partial charge is 0.207 e. The second-order valence-corrected chi connectivity index (χ2v) is 5.98. The summed E-state index contributed by atoms with van der Waals surface area (Å²) in [5.41, 5.74) is 2.74. The summed E-state index contributed by atoms with van der Waals surface area (Å²) in [7, 11) is 0. The van der Waals surface area contributed by atoms with E-state index in [4.69, 9.17) is 0 Å². The summed E-state index contributed by atoms with van der Waals surface area (Å²) in [5, 5.41) is 11.9. The minimum atomic E-state index is 0. The molecule has 1 aromatic carbocycles. The van der Waals surface area contributed by atoms with Crippen molar-refractivity contribution in [2.45, 2.75) is 6.61 Å². The maximum atomic E-state index is 10.3. The zero-order chi connectivity index (χ0) is 17.5. The predicted molar refractivity (Wildman–Crippen MR) is 103 cm³/mol. The highest BCUT2D eigenvalue weighted by Gasteiger charge is 2.21. The minimum absolute atomic E-state index is 0. The van der Waals surface area contributed by atoms with Gasteiger partial charge in [0.1, 0.15) is 5.69 Å². The molecular formula is C18H24ClN5O2. The molecule has 2 aromatic rings. The maximum absolute atomic E-state index is 10.3. The van der Waals surface area contributed by atoms with Crippen molar-refractivity contribution in [2.75, 3.05) is 44.2 Å². The zero-order valence-electron chi connectivity index (χ0n) is 14.5. The van der Waals surface area contributed by atoms with E-state index in [1.807, 2.05) is 24.3 Å². The number of rotatable bonds is 7. The first-order valence-corrected chi connectivity index (χ1v) is 8.47. The number of aromatic nitrogens is 2. The molecule has 0 aliphatic carbocycles. The first-order chi connectivity index (χ1) is 12.3. The molecule has 0 saturated carbocycles. The third-order valence-corrected chi connectivity index (χ3v) is 4.42. The standard InChI is InChI=1S/C18H23N5O2.ClH/c24-13-15-1-3-16(4-2-15)17-18(21-6-5-20-17)23-11-9-22(10-12-23)8-7-19-14-25;/h1-6,14,24H,7-13H2,(H,19,25);1H. The Hall–Kier alpha value is -2.22. The second kappa shape index (κ2) is 10.1. The number of hydrogen-bond acceptors (Lipinski definition) is 6. The summed E-state index contributed by atoms with van der Waals surface area (Å²) >= 11 is 0. The highest BCUT2D eigenvalue weighted by Crippen LogP contribution is 2.27. The molecule has 0 spiro atoms. The number of anilines is 1. The average Bonchev–Trinajstić information content (AvgIpc) is 2.69. The molecule has 1 amide bonds. The van der Waals surface area contributed by atoms with Gasteiger partial charge in [-0.05, 0) is 5.56 Å². The molecule has 1 aliphatic heterocycles. The number of hydrogen-bond donors (Lipinski definition) is 2. The van der Waals surface area contributed by atoms with Gasteiger partial charge in [0, 0.05) is 57.2 Å². The Kier molecular flexibility index (Phi) is 7.77. The molecule has 2 N–H and O–H groups in total. The summed E-state index contributed by atoms with van der Waals surface area (Å²) in [6.45, 7) is 5.19. The molecule has 0 unspecified atom stereocenters. The normalized spacial score (nSPS) is 14.6. The van der Waals surface area contributed by atoms with Gasteiger partial charge in [0.25, 0.3) is 0 Å². The Morgan fingerprint density at radius 2 is 1.77 bits per heavy atom. The average molecular weight is 378 g/mol. The van der Waals surface area contributed by atoms with Crippen LogP contribution in [-0.2, 0) is 11.4 Å². The lowest BCUT2D eigenvalue weighted by molar-refractivity contribution is -0.109. The van der Waals surface area contributed by atoms with Gasteiger partial charge in [-0.3, -0.25) is 14.7 Å². The molecule has 26 heavy (non-hydrogen) atoms. The number of benzene rings is 1. The Balaban J connectivity index is 0.00000243. The summed E-state index contributed by atoms with van der Waals surface area (Å²) in [5.74, 6) is 0.893. The first kappa shape index (κ1) is 20.1. The Morgan fingerprint density at radius 1 is 1.08 bits per heavy atom. The monoisotopic (exact) mass is 377 g/mol. The van der Waals surface area contributed by atoms with Gasteiger partial charge in [0.05, 0.1) is 6.61 Å². The highest BCUT2D eigenvalue weighted by molar-refractivity contribution is 5.85. The predicted octanol–water partition coefficient (Wildman–Crippen LogP) is 0.926. The van der Waals surface area contributed by atoms with Crippen molar-refractivity contribution in [1.29, 1.82) is 0 Å². The third kappa shape index (κ3) is 4.91. The Labute approximate surface area is 159 Å². The molecule has 1 aliphatic rings. The van der Waals surface area contributed by atoms with Gasteiger partial charge in [-0.25, -0.2) is 4.98 Å². The van der Waals surface area contributed by atoms with Crippen LogP contribution in [0.3, 0.4) is 0 Å². The van der Waals surface area contributed by atoms with Crippen LogP contribution in [0, 0.1) is 0 Å². The van der Waals surface area contributed by atoms with E-state index < -0.39 is 0 Å². The largest absolute Gasteiger partial charge is 0.392 e. The van der Waals surface area contributed by atoms with E-state index in [2.05, 4.69) is 25.1 Å². The van der Waals surface area contributed by atoms with E-state index in [1.54, 1.807) is 12.4 Å². The van der Waals surface area contributed by atoms with Crippen molar-refractivity contribution in [2.24, 2.45) is 0 Å². The van der Waals surface area contributed by atoms with E-state index in [0.29, 0.717) is 6.54 Å². The zero-order valence-corrected chi connectivity index (χ0v) is 15.4. The number of carbonyl (C=O) groups is 1. The molecule has 2 heterocycles. The summed E-state index contributed by atoms with van der Waals surface area (Å²) in [6, 6.07) is 7.76. The third-order valence-electron chi connectivity index (χ3n) is 4.42. The fourth-order valence-electron chi connectivity index (χ4n) is 3.00. The van der Waals surface area contributed by atoms with Crippen LogP contribution in [0.1, 0.15) is 5.56 Å². The number of aliphatic hydroxyl groups excluding tert-OH is 1. The van der Waals surface area contributed by atoms with Gasteiger partial charge in [0.15, 0.2) is 5.82 Å². The molecule has 1 fully saturated rings. The van der Waals surface area contributed by atoms with Crippen molar-refractivity contribution in [3.63, 3.8) is 0 Å². The van der Waals surface area contributed by atoms with E-state index in [0.717, 1.165) is 61.8 Å². The maximum Gasteiger partial charge on any atom is 0.207 e.